The maximum Gasteiger partial charge on any atom is 0.257 e. The molecule has 1 N–H and O–H groups in total. The first-order valence-corrected chi connectivity index (χ1v) is 10.5. The molecule has 33 heavy (non-hydrogen) atoms. The average molecular weight is 461 g/mol. The maximum absolute atomic E-state index is 14.0. The number of benzene rings is 2. The first-order valence-electron chi connectivity index (χ1n) is 10.1. The predicted molar refractivity (Wildman–Crippen MR) is 125 cm³/mol. The smallest absolute Gasteiger partial charge is 0.257 e. The van der Waals surface area contributed by atoms with E-state index in [2.05, 4.69) is 20.5 Å². The van der Waals surface area contributed by atoms with Gasteiger partial charge in [0.05, 0.1) is 29.5 Å². The third-order valence-electron chi connectivity index (χ3n) is 5.20. The van der Waals surface area contributed by atoms with Crippen molar-refractivity contribution in [3.8, 4) is 11.3 Å². The van der Waals surface area contributed by atoms with Gasteiger partial charge in [0.25, 0.3) is 5.91 Å². The number of carbonyl (C=O) groups excluding carboxylic acids is 1. The van der Waals surface area contributed by atoms with Gasteiger partial charge in [-0.1, -0.05) is 48.0 Å². The van der Waals surface area contributed by atoms with Crippen molar-refractivity contribution in [2.75, 3.05) is 5.32 Å². The second-order valence-electron chi connectivity index (χ2n) is 7.54. The minimum Gasteiger partial charge on any atom is -0.304 e. The highest BCUT2D eigenvalue weighted by Gasteiger charge is 2.18. The summed E-state index contributed by atoms with van der Waals surface area (Å²) in [6.07, 6.45) is 5.08. The number of fused-ring (bicyclic) bond motifs is 1. The van der Waals surface area contributed by atoms with Crippen LogP contribution in [0.1, 0.15) is 15.9 Å². The summed E-state index contributed by atoms with van der Waals surface area (Å²) in [5.74, 6) is -0.514. The highest BCUT2D eigenvalue weighted by Crippen LogP contribution is 2.27. The predicted octanol–water partition coefficient (Wildman–Crippen LogP) is 4.92. The highest BCUT2D eigenvalue weighted by atomic mass is 35.5. The fraction of sp³-hybridized carbons (Fsp3) is 0.0833. The lowest BCUT2D eigenvalue weighted by atomic mass is 10.0. The van der Waals surface area contributed by atoms with Gasteiger partial charge in [-0.3, -0.25) is 14.2 Å². The molecule has 7 nitrogen and oxygen atoms in total. The molecule has 2 aromatic carbocycles. The van der Waals surface area contributed by atoms with Crippen molar-refractivity contribution in [1.29, 1.82) is 0 Å². The molecule has 0 aliphatic carbocycles. The number of carbonyl (C=O) groups is 1. The van der Waals surface area contributed by atoms with Gasteiger partial charge in [0.1, 0.15) is 10.8 Å². The molecule has 164 valence electrons. The molecule has 0 radical (unpaired) electrons. The van der Waals surface area contributed by atoms with Crippen molar-refractivity contribution in [2.24, 2.45) is 7.05 Å². The molecular formula is C24H18ClFN6O. The van der Waals surface area contributed by atoms with E-state index in [9.17, 15) is 9.18 Å². The topological polar surface area (TPSA) is 77.6 Å². The van der Waals surface area contributed by atoms with Crippen LogP contribution in [-0.4, -0.2) is 30.5 Å². The molecule has 9 heteroatoms. The molecule has 5 rings (SSSR count). The molecule has 0 spiro atoms. The number of rotatable bonds is 5. The Morgan fingerprint density at radius 3 is 2.70 bits per heavy atom. The Morgan fingerprint density at radius 1 is 1.12 bits per heavy atom. The van der Waals surface area contributed by atoms with Crippen molar-refractivity contribution < 1.29 is 9.18 Å². The van der Waals surface area contributed by atoms with Crippen LogP contribution in [0.15, 0.2) is 73.2 Å². The van der Waals surface area contributed by atoms with E-state index in [4.69, 9.17) is 11.6 Å². The Bertz CT molecular complexity index is 1490. The number of nitrogens with one attached hydrogen (secondary N) is 1. The molecule has 0 bridgehead atoms. The van der Waals surface area contributed by atoms with Crippen LogP contribution in [0.5, 0.6) is 0 Å². The standard InChI is InChI=1S/C24H18ClFN6O/c1-31-12-16(11-27-31)22-10-18(17-7-3-5-9-21(17)28-22)24(33)29-23-19(25)14-32(30-23)13-15-6-2-4-8-20(15)26/h2-12,14H,13H2,1H3,(H,29,30,33). The summed E-state index contributed by atoms with van der Waals surface area (Å²) < 4.78 is 17.1. The van der Waals surface area contributed by atoms with Gasteiger partial charge in [-0.05, 0) is 18.2 Å². The lowest BCUT2D eigenvalue weighted by Gasteiger charge is -2.09. The van der Waals surface area contributed by atoms with Crippen molar-refractivity contribution in [3.63, 3.8) is 0 Å². The highest BCUT2D eigenvalue weighted by molar-refractivity contribution is 6.33. The summed E-state index contributed by atoms with van der Waals surface area (Å²) in [6, 6.07) is 15.6. The molecule has 5 aromatic rings. The molecule has 3 aromatic heterocycles. The summed E-state index contributed by atoms with van der Waals surface area (Å²) >= 11 is 6.32. The zero-order valence-corrected chi connectivity index (χ0v) is 18.3. The number of hydrogen-bond donors (Lipinski definition) is 1. The Morgan fingerprint density at radius 2 is 1.91 bits per heavy atom. The number of nitrogens with zero attached hydrogens (tertiary/aromatic N) is 5. The number of amides is 1. The van der Waals surface area contributed by atoms with Gasteiger partial charge < -0.3 is 5.32 Å². The quantitative estimate of drug-likeness (QED) is 0.403. The fourth-order valence-electron chi connectivity index (χ4n) is 3.60. The SMILES string of the molecule is Cn1cc(-c2cc(C(=O)Nc3nn(Cc4ccccc4F)cc3Cl)c3ccccc3n2)cn1. The number of aryl methyl sites for hydroxylation is 1. The van der Waals surface area contributed by atoms with Gasteiger partial charge in [0, 0.05) is 36.0 Å². The molecule has 0 aliphatic heterocycles. The van der Waals surface area contributed by atoms with Crippen LogP contribution < -0.4 is 5.32 Å². The molecule has 0 unspecified atom stereocenters. The number of hydrogen-bond acceptors (Lipinski definition) is 4. The zero-order valence-electron chi connectivity index (χ0n) is 17.5. The summed E-state index contributed by atoms with van der Waals surface area (Å²) in [4.78, 5) is 17.9. The van der Waals surface area contributed by atoms with Crippen LogP contribution in [0.3, 0.4) is 0 Å². The van der Waals surface area contributed by atoms with E-state index in [-0.39, 0.29) is 29.1 Å². The summed E-state index contributed by atoms with van der Waals surface area (Å²) in [7, 11) is 1.82. The zero-order chi connectivity index (χ0) is 22.9. The second kappa shape index (κ2) is 8.48. The van der Waals surface area contributed by atoms with Crippen LogP contribution in [-0.2, 0) is 13.6 Å². The van der Waals surface area contributed by atoms with Gasteiger partial charge in [-0.15, -0.1) is 0 Å². The summed E-state index contributed by atoms with van der Waals surface area (Å²) in [6.45, 7) is 0.186. The van der Waals surface area contributed by atoms with Crippen molar-refractivity contribution >= 4 is 34.2 Å². The molecule has 0 saturated heterocycles. The first-order chi connectivity index (χ1) is 16.0. The lowest BCUT2D eigenvalue weighted by Crippen LogP contribution is -2.14. The Balaban J connectivity index is 1.47. The van der Waals surface area contributed by atoms with Gasteiger partial charge >= 0.3 is 0 Å². The molecule has 1 amide bonds. The maximum atomic E-state index is 14.0. The van der Waals surface area contributed by atoms with Gasteiger partial charge in [-0.25, -0.2) is 9.37 Å². The van der Waals surface area contributed by atoms with E-state index in [0.717, 1.165) is 5.56 Å². The van der Waals surface area contributed by atoms with Crippen LogP contribution in [0.2, 0.25) is 5.02 Å². The number of halogens is 2. The fourth-order valence-corrected chi connectivity index (χ4v) is 3.80. The molecule has 0 fully saturated rings. The van der Waals surface area contributed by atoms with E-state index >= 15 is 0 Å². The van der Waals surface area contributed by atoms with Crippen LogP contribution in [0, 0.1) is 5.82 Å². The van der Waals surface area contributed by atoms with Crippen LogP contribution >= 0.6 is 11.6 Å². The largest absolute Gasteiger partial charge is 0.304 e. The average Bonchev–Trinajstić information content (AvgIpc) is 3.39. The number of aromatic nitrogens is 5. The number of pyridine rings is 1. The van der Waals surface area contributed by atoms with E-state index in [0.29, 0.717) is 27.7 Å². The Labute approximate surface area is 193 Å². The minimum atomic E-state index is -0.378. The number of anilines is 1. The van der Waals surface area contributed by atoms with Gasteiger partial charge in [0.2, 0.25) is 0 Å². The van der Waals surface area contributed by atoms with E-state index in [1.54, 1.807) is 41.3 Å². The van der Waals surface area contributed by atoms with Crippen molar-refractivity contribution in [3.05, 3.63) is 95.2 Å². The third kappa shape index (κ3) is 4.20. The second-order valence-corrected chi connectivity index (χ2v) is 7.95. The normalized spacial score (nSPS) is 11.1. The molecule has 0 saturated carbocycles. The lowest BCUT2D eigenvalue weighted by molar-refractivity contribution is 0.102. The van der Waals surface area contributed by atoms with Crippen LogP contribution in [0.25, 0.3) is 22.2 Å². The third-order valence-corrected chi connectivity index (χ3v) is 5.48. The molecular weight excluding hydrogens is 443 g/mol. The minimum absolute atomic E-state index is 0.186. The summed E-state index contributed by atoms with van der Waals surface area (Å²) in [5, 5.41) is 12.3. The molecule has 0 aliphatic rings. The molecule has 3 heterocycles. The van der Waals surface area contributed by atoms with Crippen molar-refractivity contribution in [1.82, 2.24) is 24.5 Å². The van der Waals surface area contributed by atoms with E-state index in [1.165, 1.54) is 10.7 Å². The monoisotopic (exact) mass is 460 g/mol. The first kappa shape index (κ1) is 20.8. The van der Waals surface area contributed by atoms with Gasteiger partial charge in [-0.2, -0.15) is 10.2 Å². The molecule has 0 atom stereocenters. The van der Waals surface area contributed by atoms with Crippen molar-refractivity contribution in [2.45, 2.75) is 6.54 Å². The van der Waals surface area contributed by atoms with Gasteiger partial charge in [0.15, 0.2) is 5.82 Å². The van der Waals surface area contributed by atoms with E-state index < -0.39 is 0 Å². The Kier molecular flexibility index (Phi) is 5.35. The van der Waals surface area contributed by atoms with E-state index in [1.807, 2.05) is 37.5 Å². The Hall–Kier alpha value is -4.04. The van der Waals surface area contributed by atoms with Crippen LogP contribution in [0.4, 0.5) is 10.2 Å². The summed E-state index contributed by atoms with van der Waals surface area (Å²) in [5.41, 5.74) is 3.00. The number of para-hydroxylation sites is 1.